The second kappa shape index (κ2) is 6.91. The summed E-state index contributed by atoms with van der Waals surface area (Å²) in [5.74, 6) is 0. The van der Waals surface area contributed by atoms with Crippen LogP contribution >= 0.6 is 0 Å². The second-order valence-corrected chi connectivity index (χ2v) is 6.74. The summed E-state index contributed by atoms with van der Waals surface area (Å²) < 4.78 is 11.1. The monoisotopic (exact) mass is 291 g/mol. The van der Waals surface area contributed by atoms with Crippen LogP contribution in [0.25, 0.3) is 0 Å². The van der Waals surface area contributed by atoms with E-state index in [4.69, 9.17) is 15.2 Å². The maximum Gasteiger partial charge on any atom is 0.0623 e. The van der Waals surface area contributed by atoms with E-state index >= 15 is 0 Å². The molecule has 0 saturated carbocycles. The number of methoxy groups -OCH3 is 1. The van der Waals surface area contributed by atoms with Gasteiger partial charge in [-0.2, -0.15) is 0 Å². The minimum atomic E-state index is -0.110. The van der Waals surface area contributed by atoms with E-state index in [1.165, 1.54) is 5.56 Å². The maximum atomic E-state index is 6.67. The molecule has 118 valence electrons. The van der Waals surface area contributed by atoms with E-state index in [2.05, 4.69) is 44.2 Å². The molecule has 1 heterocycles. The molecule has 0 bridgehead atoms. The van der Waals surface area contributed by atoms with Crippen molar-refractivity contribution in [2.45, 2.75) is 56.6 Å². The quantitative estimate of drug-likeness (QED) is 0.875. The van der Waals surface area contributed by atoms with E-state index in [1.807, 2.05) is 0 Å². The summed E-state index contributed by atoms with van der Waals surface area (Å²) in [5, 5.41) is 0. The van der Waals surface area contributed by atoms with Crippen LogP contribution in [0.3, 0.4) is 0 Å². The zero-order valence-electron chi connectivity index (χ0n) is 13.6. The first-order valence-electron chi connectivity index (χ1n) is 7.94. The van der Waals surface area contributed by atoms with Crippen molar-refractivity contribution in [2.75, 3.05) is 20.3 Å². The Morgan fingerprint density at radius 1 is 1.24 bits per heavy atom. The summed E-state index contributed by atoms with van der Waals surface area (Å²) in [6.45, 7) is 5.85. The smallest absolute Gasteiger partial charge is 0.0623 e. The molecule has 0 aromatic heterocycles. The van der Waals surface area contributed by atoms with Gasteiger partial charge in [-0.25, -0.2) is 0 Å². The van der Waals surface area contributed by atoms with Crippen molar-refractivity contribution in [1.29, 1.82) is 0 Å². The fourth-order valence-electron chi connectivity index (χ4n) is 3.26. The van der Waals surface area contributed by atoms with Gasteiger partial charge in [0, 0.05) is 31.8 Å². The van der Waals surface area contributed by atoms with E-state index in [1.54, 1.807) is 7.11 Å². The third kappa shape index (κ3) is 3.85. The van der Waals surface area contributed by atoms with Gasteiger partial charge in [-0.3, -0.25) is 0 Å². The summed E-state index contributed by atoms with van der Waals surface area (Å²) in [7, 11) is 1.77. The van der Waals surface area contributed by atoms with Crippen molar-refractivity contribution in [3.63, 3.8) is 0 Å². The molecule has 3 nitrogen and oxygen atoms in total. The number of nitrogens with two attached hydrogens (primary N) is 1. The molecule has 1 atom stereocenters. The van der Waals surface area contributed by atoms with Crippen molar-refractivity contribution in [3.05, 3.63) is 35.9 Å². The summed E-state index contributed by atoms with van der Waals surface area (Å²) >= 11 is 0. The number of ether oxygens (including phenoxy) is 2. The predicted octanol–water partition coefficient (Wildman–Crippen LogP) is 3.27. The largest absolute Gasteiger partial charge is 0.381 e. The molecule has 1 saturated heterocycles. The molecular formula is C18H29NO2. The lowest BCUT2D eigenvalue weighted by Gasteiger charge is -2.43. The lowest BCUT2D eigenvalue weighted by atomic mass is 9.67. The molecular weight excluding hydrogens is 262 g/mol. The van der Waals surface area contributed by atoms with Crippen molar-refractivity contribution in [2.24, 2.45) is 5.73 Å². The van der Waals surface area contributed by atoms with E-state index in [9.17, 15) is 0 Å². The first-order valence-corrected chi connectivity index (χ1v) is 7.94. The molecule has 1 aliphatic heterocycles. The topological polar surface area (TPSA) is 44.5 Å². The van der Waals surface area contributed by atoms with Crippen LogP contribution in [0.1, 0.15) is 45.1 Å². The van der Waals surface area contributed by atoms with Crippen molar-refractivity contribution in [3.8, 4) is 0 Å². The van der Waals surface area contributed by atoms with Gasteiger partial charge in [-0.15, -0.1) is 0 Å². The Morgan fingerprint density at radius 2 is 1.86 bits per heavy atom. The normalized spacial score (nSPS) is 20.2. The van der Waals surface area contributed by atoms with Crippen molar-refractivity contribution in [1.82, 2.24) is 0 Å². The Kier molecular flexibility index (Phi) is 5.42. The molecule has 0 aliphatic carbocycles. The molecule has 1 aromatic rings. The van der Waals surface area contributed by atoms with E-state index < -0.39 is 0 Å². The summed E-state index contributed by atoms with van der Waals surface area (Å²) in [6, 6.07) is 10.9. The SMILES string of the molecule is COC(C)(C)CCC(N)C1(c2ccccc2)CCOCC1. The Hall–Kier alpha value is -0.900. The van der Waals surface area contributed by atoms with Crippen LogP contribution < -0.4 is 5.73 Å². The molecule has 1 aromatic carbocycles. The van der Waals surface area contributed by atoms with Gasteiger partial charge in [-0.05, 0) is 45.1 Å². The number of hydrogen-bond acceptors (Lipinski definition) is 3. The van der Waals surface area contributed by atoms with Gasteiger partial charge >= 0.3 is 0 Å². The van der Waals surface area contributed by atoms with Crippen molar-refractivity contribution < 1.29 is 9.47 Å². The van der Waals surface area contributed by atoms with Gasteiger partial charge in [0.15, 0.2) is 0 Å². The highest BCUT2D eigenvalue weighted by Gasteiger charge is 2.40. The highest BCUT2D eigenvalue weighted by molar-refractivity contribution is 5.28. The number of hydrogen-bond donors (Lipinski definition) is 1. The minimum Gasteiger partial charge on any atom is -0.381 e. The van der Waals surface area contributed by atoms with Crippen LogP contribution in [-0.2, 0) is 14.9 Å². The molecule has 1 unspecified atom stereocenters. The van der Waals surface area contributed by atoms with Gasteiger partial charge in [0.05, 0.1) is 5.60 Å². The van der Waals surface area contributed by atoms with Crippen LogP contribution in [0, 0.1) is 0 Å². The zero-order chi connectivity index (χ0) is 15.3. The third-order valence-electron chi connectivity index (χ3n) is 5.05. The fraction of sp³-hybridized carbons (Fsp3) is 0.667. The van der Waals surface area contributed by atoms with Crippen LogP contribution in [0.5, 0.6) is 0 Å². The Balaban J connectivity index is 2.16. The molecule has 0 radical (unpaired) electrons. The fourth-order valence-corrected chi connectivity index (χ4v) is 3.26. The zero-order valence-corrected chi connectivity index (χ0v) is 13.6. The molecule has 2 rings (SSSR count). The molecule has 1 aliphatic rings. The average Bonchev–Trinajstić information content (AvgIpc) is 2.54. The summed E-state index contributed by atoms with van der Waals surface area (Å²) in [6.07, 6.45) is 3.95. The molecule has 3 heteroatoms. The van der Waals surface area contributed by atoms with Crippen LogP contribution in [0.2, 0.25) is 0 Å². The van der Waals surface area contributed by atoms with Crippen LogP contribution in [0.4, 0.5) is 0 Å². The lowest BCUT2D eigenvalue weighted by molar-refractivity contribution is 0.00357. The van der Waals surface area contributed by atoms with Gasteiger partial charge in [0.25, 0.3) is 0 Å². The number of rotatable bonds is 6. The molecule has 2 N–H and O–H groups in total. The first kappa shape index (κ1) is 16.5. The van der Waals surface area contributed by atoms with Gasteiger partial charge in [0.2, 0.25) is 0 Å². The van der Waals surface area contributed by atoms with Gasteiger partial charge in [0.1, 0.15) is 0 Å². The molecule has 21 heavy (non-hydrogen) atoms. The maximum absolute atomic E-state index is 6.67. The first-order chi connectivity index (χ1) is 10.0. The summed E-state index contributed by atoms with van der Waals surface area (Å²) in [5.41, 5.74) is 7.96. The third-order valence-corrected chi connectivity index (χ3v) is 5.05. The van der Waals surface area contributed by atoms with E-state index in [-0.39, 0.29) is 17.1 Å². The minimum absolute atomic E-state index is 0.0450. The van der Waals surface area contributed by atoms with Crippen LogP contribution in [0.15, 0.2) is 30.3 Å². The van der Waals surface area contributed by atoms with Crippen molar-refractivity contribution >= 4 is 0 Å². The molecule has 0 amide bonds. The van der Waals surface area contributed by atoms with E-state index in [0.29, 0.717) is 0 Å². The van der Waals surface area contributed by atoms with E-state index in [0.717, 1.165) is 38.9 Å². The second-order valence-electron chi connectivity index (χ2n) is 6.74. The average molecular weight is 291 g/mol. The Labute approximate surface area is 128 Å². The molecule has 1 fully saturated rings. The lowest BCUT2D eigenvalue weighted by Crippen LogP contribution is -2.49. The number of benzene rings is 1. The summed E-state index contributed by atoms with van der Waals surface area (Å²) in [4.78, 5) is 0. The highest BCUT2D eigenvalue weighted by Crippen LogP contribution is 2.39. The standard InChI is InChI=1S/C18H29NO2/c1-17(2,20-3)10-9-16(19)18(11-13-21-14-12-18)15-7-5-4-6-8-15/h4-8,16H,9-14,19H2,1-3H3. The highest BCUT2D eigenvalue weighted by atomic mass is 16.5. The van der Waals surface area contributed by atoms with Gasteiger partial charge in [-0.1, -0.05) is 30.3 Å². The van der Waals surface area contributed by atoms with Crippen LogP contribution in [-0.4, -0.2) is 32.0 Å². The Morgan fingerprint density at radius 3 is 2.43 bits per heavy atom. The Bertz CT molecular complexity index is 424. The molecule has 0 spiro atoms. The van der Waals surface area contributed by atoms with Gasteiger partial charge < -0.3 is 15.2 Å². The predicted molar refractivity (Wildman–Crippen MR) is 86.5 cm³/mol.